The van der Waals surface area contributed by atoms with Crippen molar-refractivity contribution in [2.24, 2.45) is 5.92 Å². The van der Waals surface area contributed by atoms with Gasteiger partial charge in [-0.3, -0.25) is 10.1 Å². The first kappa shape index (κ1) is 17.3. The molecule has 0 spiro atoms. The number of nitrogens with one attached hydrogen (secondary N) is 1. The summed E-state index contributed by atoms with van der Waals surface area (Å²) in [4.78, 5) is 11.1. The van der Waals surface area contributed by atoms with E-state index in [1.807, 2.05) is 13.8 Å². The van der Waals surface area contributed by atoms with Gasteiger partial charge in [-0.05, 0) is 12.3 Å². The van der Waals surface area contributed by atoms with E-state index in [-0.39, 0.29) is 12.5 Å². The predicted molar refractivity (Wildman–Crippen MR) is 67.8 cm³/mol. The number of aliphatic hydroxyl groups is 4. The van der Waals surface area contributed by atoms with Crippen molar-refractivity contribution in [2.75, 3.05) is 13.2 Å². The first-order chi connectivity index (χ1) is 9.21. The van der Waals surface area contributed by atoms with Crippen LogP contribution >= 0.6 is 0 Å². The minimum absolute atomic E-state index is 0.128. The normalized spacial score (nSPS) is 35.5. The molecule has 1 fully saturated rings. The molecule has 1 heterocycles. The zero-order valence-electron chi connectivity index (χ0n) is 11.6. The van der Waals surface area contributed by atoms with Gasteiger partial charge < -0.3 is 30.3 Å². The van der Waals surface area contributed by atoms with E-state index in [4.69, 9.17) is 14.9 Å². The van der Waals surface area contributed by atoms with Gasteiger partial charge >= 0.3 is 5.97 Å². The van der Waals surface area contributed by atoms with E-state index >= 15 is 0 Å². The van der Waals surface area contributed by atoms with Crippen molar-refractivity contribution < 1.29 is 35.1 Å². The number of hydrogen-bond donors (Lipinski definition) is 6. The summed E-state index contributed by atoms with van der Waals surface area (Å²) in [6, 6.07) is -0.903. The molecule has 5 atom stereocenters. The summed E-state index contributed by atoms with van der Waals surface area (Å²) in [5.41, 5.74) is 0. The molecular weight excluding hydrogens is 270 g/mol. The predicted octanol–water partition coefficient (Wildman–Crippen LogP) is -2.12. The molecule has 0 aliphatic carbocycles. The third-order valence-electron chi connectivity index (χ3n) is 3.31. The van der Waals surface area contributed by atoms with Crippen LogP contribution in [0.4, 0.5) is 0 Å². The summed E-state index contributed by atoms with van der Waals surface area (Å²) in [6.45, 7) is 2.79. The van der Waals surface area contributed by atoms with Crippen LogP contribution in [0.3, 0.4) is 0 Å². The molecule has 0 saturated carbocycles. The van der Waals surface area contributed by atoms with Gasteiger partial charge in [-0.15, -0.1) is 0 Å². The van der Waals surface area contributed by atoms with Gasteiger partial charge in [0, 0.05) is 0 Å². The minimum Gasteiger partial charge on any atom is -0.480 e. The Balaban J connectivity index is 2.64. The average molecular weight is 293 g/mol. The van der Waals surface area contributed by atoms with Gasteiger partial charge in [0.1, 0.15) is 24.4 Å². The molecule has 20 heavy (non-hydrogen) atoms. The third kappa shape index (κ3) is 3.87. The molecule has 118 valence electrons. The molecule has 0 bridgehead atoms. The molecule has 0 aromatic rings. The monoisotopic (exact) mass is 293 g/mol. The Morgan fingerprint density at radius 1 is 1.40 bits per heavy atom. The van der Waals surface area contributed by atoms with Crippen LogP contribution in [-0.2, 0) is 9.53 Å². The van der Waals surface area contributed by atoms with Gasteiger partial charge in [0.2, 0.25) is 5.79 Å². The zero-order valence-corrected chi connectivity index (χ0v) is 11.6. The molecule has 8 heteroatoms. The topological polar surface area (TPSA) is 139 Å². The lowest BCUT2D eigenvalue weighted by atomic mass is 10.0. The first-order valence-corrected chi connectivity index (χ1v) is 6.54. The minimum atomic E-state index is -2.13. The summed E-state index contributed by atoms with van der Waals surface area (Å²) in [5.74, 6) is -3.07. The van der Waals surface area contributed by atoms with Crippen LogP contribution in [0.1, 0.15) is 20.3 Å². The van der Waals surface area contributed by atoms with Gasteiger partial charge in [-0.1, -0.05) is 13.8 Å². The van der Waals surface area contributed by atoms with E-state index in [0.29, 0.717) is 6.42 Å². The van der Waals surface area contributed by atoms with Crippen LogP contribution in [-0.4, -0.2) is 74.8 Å². The van der Waals surface area contributed by atoms with Crippen LogP contribution in [0.15, 0.2) is 0 Å². The van der Waals surface area contributed by atoms with Crippen LogP contribution in [0, 0.1) is 5.92 Å². The van der Waals surface area contributed by atoms with Crippen LogP contribution in [0.2, 0.25) is 0 Å². The number of carboxylic acid groups (broad SMARTS) is 1. The van der Waals surface area contributed by atoms with E-state index in [1.165, 1.54) is 0 Å². The molecule has 1 unspecified atom stereocenters. The zero-order chi connectivity index (χ0) is 15.5. The molecular formula is C12H23NO7. The van der Waals surface area contributed by atoms with Crippen molar-refractivity contribution in [3.63, 3.8) is 0 Å². The Kier molecular flexibility index (Phi) is 5.87. The number of aliphatic carboxylic acids is 1. The second-order valence-corrected chi connectivity index (χ2v) is 5.52. The Morgan fingerprint density at radius 2 is 2.00 bits per heavy atom. The number of ether oxygens (including phenoxy) is 1. The highest BCUT2D eigenvalue weighted by molar-refractivity contribution is 5.73. The van der Waals surface area contributed by atoms with Gasteiger partial charge in [-0.2, -0.15) is 0 Å². The summed E-state index contributed by atoms with van der Waals surface area (Å²) in [7, 11) is 0. The van der Waals surface area contributed by atoms with Gasteiger partial charge in [-0.25, -0.2) is 0 Å². The molecule has 1 aliphatic heterocycles. The molecule has 0 aromatic heterocycles. The second kappa shape index (κ2) is 6.79. The molecule has 1 saturated heterocycles. The highest BCUT2D eigenvalue weighted by Gasteiger charge is 2.53. The molecule has 1 rings (SSSR count). The van der Waals surface area contributed by atoms with E-state index in [2.05, 4.69) is 5.32 Å². The lowest BCUT2D eigenvalue weighted by molar-refractivity contribution is -0.227. The summed E-state index contributed by atoms with van der Waals surface area (Å²) in [6.07, 6.45) is -3.82. The number of hydrogen-bond acceptors (Lipinski definition) is 7. The fourth-order valence-electron chi connectivity index (χ4n) is 2.18. The maximum Gasteiger partial charge on any atom is 0.320 e. The SMILES string of the molecule is CC(C)C[C@H](NCC1(O)O[C@H](CO)[C@@H](O)[C@@H]1O)C(=O)O. The lowest BCUT2D eigenvalue weighted by Crippen LogP contribution is -2.53. The molecule has 0 radical (unpaired) electrons. The Morgan fingerprint density at radius 3 is 2.40 bits per heavy atom. The maximum atomic E-state index is 11.1. The number of carbonyl (C=O) groups is 1. The van der Waals surface area contributed by atoms with Crippen LogP contribution in [0.5, 0.6) is 0 Å². The van der Waals surface area contributed by atoms with E-state index in [1.54, 1.807) is 0 Å². The second-order valence-electron chi connectivity index (χ2n) is 5.52. The molecule has 0 amide bonds. The first-order valence-electron chi connectivity index (χ1n) is 6.54. The highest BCUT2D eigenvalue weighted by atomic mass is 16.7. The quantitative estimate of drug-likeness (QED) is 0.313. The number of carboxylic acids is 1. The van der Waals surface area contributed by atoms with Crippen molar-refractivity contribution in [1.29, 1.82) is 0 Å². The molecule has 8 nitrogen and oxygen atoms in total. The van der Waals surface area contributed by atoms with Crippen LogP contribution in [0.25, 0.3) is 0 Å². The smallest absolute Gasteiger partial charge is 0.320 e. The van der Waals surface area contributed by atoms with Gasteiger partial charge in [0.05, 0.1) is 13.2 Å². The van der Waals surface area contributed by atoms with Crippen molar-refractivity contribution in [3.05, 3.63) is 0 Å². The third-order valence-corrected chi connectivity index (χ3v) is 3.31. The van der Waals surface area contributed by atoms with E-state index in [0.717, 1.165) is 0 Å². The summed E-state index contributed by atoms with van der Waals surface area (Å²) < 4.78 is 5.01. The largest absolute Gasteiger partial charge is 0.480 e. The van der Waals surface area contributed by atoms with Crippen molar-refractivity contribution in [2.45, 2.75) is 50.4 Å². The van der Waals surface area contributed by atoms with E-state index < -0.39 is 42.7 Å². The summed E-state index contributed by atoms with van der Waals surface area (Å²) >= 11 is 0. The number of aliphatic hydroxyl groups excluding tert-OH is 3. The fourth-order valence-corrected chi connectivity index (χ4v) is 2.18. The fraction of sp³-hybridized carbons (Fsp3) is 0.917. The average Bonchev–Trinajstić information content (AvgIpc) is 2.58. The highest BCUT2D eigenvalue weighted by Crippen LogP contribution is 2.28. The molecule has 1 aliphatic rings. The number of rotatable bonds is 7. The van der Waals surface area contributed by atoms with Gasteiger partial charge in [0.25, 0.3) is 0 Å². The van der Waals surface area contributed by atoms with Crippen LogP contribution < -0.4 is 5.32 Å². The standard InChI is InChI=1S/C12H23NO7/c1-6(2)3-7(11(17)18)13-5-12(19)10(16)9(15)8(4-14)20-12/h6-10,13-16,19H,3-5H2,1-2H3,(H,17,18)/t7-,8+,9+,10-,12?/m0/s1. The Bertz CT molecular complexity index is 338. The molecule has 6 N–H and O–H groups in total. The van der Waals surface area contributed by atoms with Gasteiger partial charge in [0.15, 0.2) is 0 Å². The maximum absolute atomic E-state index is 11.1. The van der Waals surface area contributed by atoms with Crippen molar-refractivity contribution in [3.8, 4) is 0 Å². The van der Waals surface area contributed by atoms with E-state index in [9.17, 15) is 20.1 Å². The molecule has 0 aromatic carbocycles. The van der Waals surface area contributed by atoms with Crippen molar-refractivity contribution >= 4 is 5.97 Å². The Hall–Kier alpha value is -0.770. The summed E-state index contributed by atoms with van der Waals surface area (Å²) in [5, 5.41) is 50.0. The van der Waals surface area contributed by atoms with Crippen molar-refractivity contribution in [1.82, 2.24) is 5.32 Å². The Labute approximate surface area is 117 Å². The lowest BCUT2D eigenvalue weighted by Gasteiger charge is -2.28.